The molecule has 0 amide bonds. The van der Waals surface area contributed by atoms with Gasteiger partial charge in [0.15, 0.2) is 34.8 Å². The molecule has 3 fully saturated rings. The number of aromatic amines is 2. The van der Waals surface area contributed by atoms with E-state index in [1.165, 1.54) is 21.8 Å². The number of nitrogens with two attached hydrogens (primary N) is 2. The fraction of sp³-hybridized carbons (Fsp3) is 0.545. The van der Waals surface area contributed by atoms with Crippen molar-refractivity contribution in [1.82, 2.24) is 39.0 Å². The van der Waals surface area contributed by atoms with Gasteiger partial charge in [-0.1, -0.05) is 0 Å². The van der Waals surface area contributed by atoms with Crippen LogP contribution in [0.2, 0.25) is 0 Å². The Kier molecular flexibility index (Phi) is 7.44. The van der Waals surface area contributed by atoms with Gasteiger partial charge in [-0.2, -0.15) is 9.97 Å². The zero-order valence-corrected chi connectivity index (χ0v) is 25.7. The van der Waals surface area contributed by atoms with Gasteiger partial charge in [-0.3, -0.25) is 46.9 Å². The summed E-state index contributed by atoms with van der Waals surface area (Å²) in [5.74, 6) is -0.415. The lowest BCUT2D eigenvalue weighted by Gasteiger charge is -2.29. The van der Waals surface area contributed by atoms with Crippen LogP contribution in [0.3, 0.4) is 0 Å². The molecule has 7 heterocycles. The number of aromatic nitrogens is 8. The highest BCUT2D eigenvalue weighted by atomic mass is 31.2. The number of H-pyrrole nitrogens is 2. The predicted octanol–water partition coefficient (Wildman–Crippen LogP) is -1.60. The maximum atomic E-state index is 13.6. The minimum atomic E-state index is -4.04. The number of imidazole rings is 2. The number of aliphatic hydroxyl groups excluding tert-OH is 2. The molecule has 24 heteroatoms. The molecule has 8 N–H and O–H groups in total. The fourth-order valence-electron chi connectivity index (χ4n) is 5.61. The zero-order chi connectivity index (χ0) is 32.7. The second-order valence-electron chi connectivity index (χ2n) is 10.9. The smallest absolute Gasteiger partial charge is 0.328 e. The van der Waals surface area contributed by atoms with Crippen molar-refractivity contribution in [3.63, 3.8) is 0 Å². The first-order valence-corrected chi connectivity index (χ1v) is 17.6. The summed E-state index contributed by atoms with van der Waals surface area (Å²) in [5.41, 5.74) is 9.95. The lowest BCUT2D eigenvalue weighted by molar-refractivity contribution is -0.0578. The predicted molar refractivity (Wildman–Crippen MR) is 154 cm³/mol. The van der Waals surface area contributed by atoms with E-state index in [0.29, 0.717) is 0 Å². The van der Waals surface area contributed by atoms with E-state index in [1.54, 1.807) is 0 Å². The lowest BCUT2D eigenvalue weighted by Crippen LogP contribution is -2.39. The van der Waals surface area contributed by atoms with Crippen LogP contribution < -0.4 is 22.6 Å². The van der Waals surface area contributed by atoms with Gasteiger partial charge >= 0.3 is 15.2 Å². The van der Waals surface area contributed by atoms with Gasteiger partial charge in [0.2, 0.25) is 11.9 Å². The molecule has 4 unspecified atom stereocenters. The van der Waals surface area contributed by atoms with E-state index in [4.69, 9.17) is 39.0 Å². The molecule has 10 atom stereocenters. The Labute approximate surface area is 256 Å². The summed E-state index contributed by atoms with van der Waals surface area (Å²) in [6.07, 6.45) is -8.43. The molecule has 248 valence electrons. The molecular formula is C22H28N10O12P2. The van der Waals surface area contributed by atoms with Crippen LogP contribution in [0.4, 0.5) is 11.9 Å². The Bertz CT molecular complexity index is 1900. The van der Waals surface area contributed by atoms with Gasteiger partial charge in [-0.15, -0.1) is 0 Å². The first-order chi connectivity index (χ1) is 21.7. The molecule has 0 aliphatic carbocycles. The van der Waals surface area contributed by atoms with Crippen molar-refractivity contribution in [2.75, 3.05) is 38.0 Å². The Morgan fingerprint density at radius 1 is 0.783 bits per heavy atom. The number of rotatable bonds is 2. The Morgan fingerprint density at radius 2 is 1.17 bits per heavy atom. The van der Waals surface area contributed by atoms with Crippen LogP contribution in [-0.4, -0.2) is 112 Å². The normalized spacial score (nSPS) is 37.1. The minimum Gasteiger partial charge on any atom is -0.386 e. The largest absolute Gasteiger partial charge is 0.386 e. The number of nitrogens with one attached hydrogen (secondary N) is 2. The first-order valence-electron chi connectivity index (χ1n) is 13.6. The summed E-state index contributed by atoms with van der Waals surface area (Å²) < 4.78 is 64.4. The molecule has 0 radical (unpaired) electrons. The molecular weight excluding hydrogens is 658 g/mol. The highest BCUT2D eigenvalue weighted by molar-refractivity contribution is 7.53. The number of anilines is 2. The number of hydrogen-bond acceptors (Lipinski definition) is 18. The average Bonchev–Trinajstić information content (AvgIpc) is 3.72. The van der Waals surface area contributed by atoms with Crippen LogP contribution in [0, 0.1) is 0 Å². The Morgan fingerprint density at radius 3 is 1.57 bits per heavy atom. The number of aliphatic hydroxyl groups is 2. The molecule has 4 aromatic heterocycles. The monoisotopic (exact) mass is 686 g/mol. The number of hydrogen-bond donors (Lipinski definition) is 6. The molecule has 3 saturated heterocycles. The lowest BCUT2D eigenvalue weighted by atomic mass is 10.1. The third kappa shape index (κ3) is 5.35. The van der Waals surface area contributed by atoms with Crippen molar-refractivity contribution in [2.45, 2.75) is 49.1 Å². The molecule has 3 aliphatic rings. The number of nitrogen functional groups attached to an aromatic ring is 2. The third-order valence-electron chi connectivity index (χ3n) is 7.64. The average molecular weight is 686 g/mol. The number of nitrogens with zero attached hydrogens (tertiary/aromatic N) is 6. The Hall–Kier alpha value is -3.56. The molecule has 0 spiro atoms. The minimum absolute atomic E-state index is 0.00866. The first kappa shape index (κ1) is 31.1. The van der Waals surface area contributed by atoms with Crippen molar-refractivity contribution in [2.24, 2.45) is 0 Å². The molecule has 46 heavy (non-hydrogen) atoms. The van der Waals surface area contributed by atoms with E-state index in [1.807, 2.05) is 0 Å². The standard InChI is InChI=1S/C22H28N10O12P2/c1-45(37)39-3-7-14(12(34)20(41-7)32-6-26-10-16(32)28-22(24)30-18(10)36)44-46(2,38)40-4-8-13(43-45)11(33)19(42-8)31-5-25-9-15(31)27-21(23)29-17(9)35/h5-8,11-14,19-20,33-34H,3-4H2,1-2H3,(H3,23,27,29,35)(H3,24,28,30,36)/t7-,8-,11+,12?,13?,14+,19-,20-,45?,46?/m1/s1. The van der Waals surface area contributed by atoms with Gasteiger partial charge in [0.25, 0.3) is 11.1 Å². The molecule has 22 nitrogen and oxygen atoms in total. The summed E-state index contributed by atoms with van der Waals surface area (Å²) >= 11 is 0. The highest BCUT2D eigenvalue weighted by Crippen LogP contribution is 2.54. The highest BCUT2D eigenvalue weighted by Gasteiger charge is 2.53. The molecule has 7 rings (SSSR count). The van der Waals surface area contributed by atoms with Crippen LogP contribution in [0.1, 0.15) is 12.5 Å². The molecule has 3 aliphatic heterocycles. The zero-order valence-electron chi connectivity index (χ0n) is 23.9. The second-order valence-corrected chi connectivity index (χ2v) is 15.0. The van der Waals surface area contributed by atoms with Gasteiger partial charge in [0, 0.05) is 13.3 Å². The second kappa shape index (κ2) is 11.0. The molecule has 4 aromatic rings. The summed E-state index contributed by atoms with van der Waals surface area (Å²) in [6, 6.07) is 0. The third-order valence-corrected chi connectivity index (χ3v) is 10.1. The van der Waals surface area contributed by atoms with E-state index in [9.17, 15) is 28.9 Å². The maximum absolute atomic E-state index is 13.6. The van der Waals surface area contributed by atoms with E-state index in [0.717, 1.165) is 13.3 Å². The van der Waals surface area contributed by atoms with Crippen molar-refractivity contribution in [1.29, 1.82) is 0 Å². The van der Waals surface area contributed by atoms with E-state index >= 15 is 0 Å². The SMILES string of the molecule is CP1(=O)OC[C@H]2O[C@@H](n3cnc4c(=O)[nH]c(N)nc43)C(O)[C@H]2OP(C)(=O)OC[C@H]2O[C@@H](n3cnc4c(=O)[nH]c(N)nc43)[C@@H](O)C2O1. The van der Waals surface area contributed by atoms with Crippen LogP contribution in [0.15, 0.2) is 22.2 Å². The van der Waals surface area contributed by atoms with Gasteiger partial charge in [-0.25, -0.2) is 9.97 Å². The van der Waals surface area contributed by atoms with Gasteiger partial charge in [0.05, 0.1) is 25.9 Å². The Balaban J connectivity index is 1.18. The van der Waals surface area contributed by atoms with Crippen LogP contribution in [0.25, 0.3) is 22.3 Å². The van der Waals surface area contributed by atoms with Crippen LogP contribution in [0.5, 0.6) is 0 Å². The maximum Gasteiger partial charge on any atom is 0.328 e. The number of ether oxygens (including phenoxy) is 2. The van der Waals surface area contributed by atoms with Gasteiger partial charge in [-0.05, 0) is 0 Å². The van der Waals surface area contributed by atoms with Crippen molar-refractivity contribution < 1.29 is 46.9 Å². The molecule has 0 saturated carbocycles. The fourth-order valence-corrected chi connectivity index (χ4v) is 7.97. The van der Waals surface area contributed by atoms with E-state index in [2.05, 4.69) is 29.9 Å². The van der Waals surface area contributed by atoms with E-state index in [-0.39, 0.29) is 34.2 Å². The van der Waals surface area contributed by atoms with Crippen LogP contribution in [-0.2, 0) is 36.7 Å². The molecule has 0 aromatic carbocycles. The van der Waals surface area contributed by atoms with Crippen molar-refractivity contribution >= 4 is 49.4 Å². The van der Waals surface area contributed by atoms with Gasteiger partial charge < -0.3 is 40.2 Å². The summed E-state index contributed by atoms with van der Waals surface area (Å²) in [6.45, 7) is 1.28. The topological polar surface area (TPSA) is 309 Å². The molecule has 0 bridgehead atoms. The van der Waals surface area contributed by atoms with Crippen LogP contribution >= 0.6 is 15.2 Å². The summed E-state index contributed by atoms with van der Waals surface area (Å²) in [7, 11) is -8.07. The quantitative estimate of drug-likeness (QED) is 0.129. The summed E-state index contributed by atoms with van der Waals surface area (Å²) in [4.78, 5) is 45.3. The van der Waals surface area contributed by atoms with E-state index < -0.39 is 88.6 Å². The van der Waals surface area contributed by atoms with Crippen molar-refractivity contribution in [3.8, 4) is 0 Å². The van der Waals surface area contributed by atoms with Crippen molar-refractivity contribution in [3.05, 3.63) is 33.4 Å². The van der Waals surface area contributed by atoms with Gasteiger partial charge in [0.1, 0.15) is 36.6 Å². The number of fused-ring (bicyclic) bond motifs is 4. The summed E-state index contributed by atoms with van der Waals surface area (Å²) in [5, 5.41) is 22.6.